The number of amides is 1. The van der Waals surface area contributed by atoms with Crippen LogP contribution < -0.4 is 10.2 Å². The summed E-state index contributed by atoms with van der Waals surface area (Å²) in [4.78, 5) is 14.2. The van der Waals surface area contributed by atoms with E-state index in [0.717, 1.165) is 0 Å². The van der Waals surface area contributed by atoms with Gasteiger partial charge in [-0.15, -0.1) is 4.40 Å². The summed E-state index contributed by atoms with van der Waals surface area (Å²) in [5.41, 5.74) is 1.99. The minimum Gasteiger partial charge on any atom is -0.352 e. The number of hydrogen-bond acceptors (Lipinski definition) is 5. The number of nitrogens with zero attached hydrogens (tertiary/aromatic N) is 3. The Morgan fingerprint density at radius 2 is 1.73 bits per heavy atom. The molecule has 0 radical (unpaired) electrons. The predicted molar refractivity (Wildman–Crippen MR) is 122 cm³/mol. The van der Waals surface area contributed by atoms with Gasteiger partial charge < -0.3 is 10.2 Å². The van der Waals surface area contributed by atoms with Crippen molar-refractivity contribution in [3.05, 3.63) is 95.3 Å². The summed E-state index contributed by atoms with van der Waals surface area (Å²) >= 11 is 0. The third kappa shape index (κ3) is 4.76. The Bertz CT molecular complexity index is 1360. The molecule has 0 aromatic heterocycles. The first-order chi connectivity index (χ1) is 15.9. The van der Waals surface area contributed by atoms with Crippen LogP contribution in [0.25, 0.3) is 0 Å². The fourth-order valence-corrected chi connectivity index (χ4v) is 4.71. The molecule has 0 atom stereocenters. The number of hydrogen-bond donors (Lipinski definition) is 1. The zero-order chi connectivity index (χ0) is 23.4. The molecule has 0 fully saturated rings. The molecule has 166 valence electrons. The molecule has 0 unspecified atom stereocenters. The topological polar surface area (TPSA) is 103 Å². The van der Waals surface area contributed by atoms with Gasteiger partial charge in [-0.25, -0.2) is 4.39 Å². The predicted octanol–water partition coefficient (Wildman–Crippen LogP) is 3.47. The van der Waals surface area contributed by atoms with E-state index in [2.05, 4.69) is 15.8 Å². The Morgan fingerprint density at radius 3 is 2.42 bits per heavy atom. The zero-order valence-electron chi connectivity index (χ0n) is 17.4. The molecule has 0 bridgehead atoms. The smallest absolute Gasteiger partial charge is 0.285 e. The second kappa shape index (κ2) is 9.22. The van der Waals surface area contributed by atoms with E-state index in [1.807, 2.05) is 0 Å². The lowest BCUT2D eigenvalue weighted by Gasteiger charge is -2.25. The van der Waals surface area contributed by atoms with Crippen molar-refractivity contribution < 1.29 is 17.6 Å². The van der Waals surface area contributed by atoms with E-state index in [1.54, 1.807) is 47.4 Å². The van der Waals surface area contributed by atoms with Crippen LogP contribution in [0, 0.1) is 17.1 Å². The molecule has 1 N–H and O–H groups in total. The number of halogens is 1. The van der Waals surface area contributed by atoms with Gasteiger partial charge in [0.1, 0.15) is 10.7 Å². The van der Waals surface area contributed by atoms with Crippen LogP contribution in [0.15, 0.2) is 82.1 Å². The van der Waals surface area contributed by atoms with E-state index >= 15 is 0 Å². The summed E-state index contributed by atoms with van der Waals surface area (Å²) in [6.07, 6.45) is 0.480. The van der Waals surface area contributed by atoms with Crippen molar-refractivity contribution >= 4 is 27.5 Å². The second-order valence-electron chi connectivity index (χ2n) is 7.31. The monoisotopic (exact) mass is 462 g/mol. The van der Waals surface area contributed by atoms with Crippen molar-refractivity contribution in [1.29, 1.82) is 5.26 Å². The molecule has 0 spiro atoms. The number of nitriles is 1. The highest BCUT2D eigenvalue weighted by Crippen LogP contribution is 2.30. The van der Waals surface area contributed by atoms with Crippen molar-refractivity contribution in [2.45, 2.75) is 11.3 Å². The SMILES string of the molecule is N#Cc1ccc(N(CCCNC(=O)c2ccc(F)cc2)C2=NS(=O)(=O)c3ccccc32)cc1. The van der Waals surface area contributed by atoms with E-state index in [1.165, 1.54) is 30.3 Å². The minimum atomic E-state index is -3.81. The number of fused-ring (bicyclic) bond motifs is 1. The summed E-state index contributed by atoms with van der Waals surface area (Å²) in [6.45, 7) is 0.670. The first kappa shape index (κ1) is 22.2. The Morgan fingerprint density at radius 1 is 1.03 bits per heavy atom. The van der Waals surface area contributed by atoms with Crippen molar-refractivity contribution in [1.82, 2.24) is 5.32 Å². The molecular formula is C24H19FN4O3S. The second-order valence-corrected chi connectivity index (χ2v) is 8.89. The minimum absolute atomic E-state index is 0.142. The van der Waals surface area contributed by atoms with Crippen LogP contribution in [0.5, 0.6) is 0 Å². The Hall–Kier alpha value is -4.03. The number of carbonyl (C=O) groups is 1. The lowest BCUT2D eigenvalue weighted by Crippen LogP contribution is -2.34. The van der Waals surface area contributed by atoms with Crippen LogP contribution in [0.4, 0.5) is 10.1 Å². The highest BCUT2D eigenvalue weighted by Gasteiger charge is 2.32. The van der Waals surface area contributed by atoms with E-state index in [0.29, 0.717) is 47.7 Å². The van der Waals surface area contributed by atoms with Crippen LogP contribution in [0.2, 0.25) is 0 Å². The average molecular weight is 463 g/mol. The van der Waals surface area contributed by atoms with Gasteiger partial charge in [0.2, 0.25) is 0 Å². The Kier molecular flexibility index (Phi) is 6.20. The number of carbonyl (C=O) groups excluding carboxylic acids is 1. The maximum Gasteiger partial charge on any atom is 0.285 e. The summed E-state index contributed by atoms with van der Waals surface area (Å²) < 4.78 is 42.2. The molecule has 1 heterocycles. The van der Waals surface area contributed by atoms with E-state index in [-0.39, 0.29) is 10.8 Å². The average Bonchev–Trinajstić information content (AvgIpc) is 3.10. The molecule has 3 aromatic carbocycles. The highest BCUT2D eigenvalue weighted by atomic mass is 32.2. The number of rotatable bonds is 6. The Balaban J connectivity index is 1.54. The number of benzene rings is 3. The lowest BCUT2D eigenvalue weighted by atomic mass is 10.1. The highest BCUT2D eigenvalue weighted by molar-refractivity contribution is 7.90. The molecule has 7 nitrogen and oxygen atoms in total. The molecule has 4 rings (SSSR count). The molecule has 1 aliphatic heterocycles. The third-order valence-electron chi connectivity index (χ3n) is 5.13. The van der Waals surface area contributed by atoms with Crippen molar-refractivity contribution in [3.8, 4) is 6.07 Å². The fourth-order valence-electron chi connectivity index (χ4n) is 3.50. The van der Waals surface area contributed by atoms with Crippen LogP contribution in [0.1, 0.15) is 27.9 Å². The molecule has 33 heavy (non-hydrogen) atoms. The van der Waals surface area contributed by atoms with Gasteiger partial charge in [-0.1, -0.05) is 12.1 Å². The van der Waals surface area contributed by atoms with Crippen LogP contribution in [0.3, 0.4) is 0 Å². The lowest BCUT2D eigenvalue weighted by molar-refractivity contribution is 0.0953. The Labute approximate surface area is 190 Å². The van der Waals surface area contributed by atoms with Gasteiger partial charge >= 0.3 is 0 Å². The van der Waals surface area contributed by atoms with E-state index < -0.39 is 15.8 Å². The molecule has 3 aromatic rings. The summed E-state index contributed by atoms with van der Waals surface area (Å²) in [5, 5.41) is 11.9. The molecule has 0 aliphatic carbocycles. The first-order valence-electron chi connectivity index (χ1n) is 10.1. The maximum absolute atomic E-state index is 13.1. The number of amidine groups is 1. The molecule has 9 heteroatoms. The normalized spacial score (nSPS) is 13.5. The third-order valence-corrected chi connectivity index (χ3v) is 6.45. The quantitative estimate of drug-likeness (QED) is 0.565. The van der Waals surface area contributed by atoms with E-state index in [4.69, 9.17) is 5.26 Å². The standard InChI is InChI=1S/C24H19FN4O3S/c25-19-10-8-18(9-11-19)24(30)27-14-3-15-29(20-12-6-17(16-26)7-13-20)23-21-4-1-2-5-22(21)33(31,32)28-23/h1-2,4-13H,3,14-15H2,(H,27,30). The van der Waals surface area contributed by atoms with Gasteiger partial charge in [-0.3, -0.25) is 4.79 Å². The number of nitrogens with one attached hydrogen (secondary N) is 1. The zero-order valence-corrected chi connectivity index (χ0v) is 18.2. The van der Waals surface area contributed by atoms with Crippen molar-refractivity contribution in [2.75, 3.05) is 18.0 Å². The number of anilines is 1. The van der Waals surface area contributed by atoms with Gasteiger partial charge in [-0.05, 0) is 67.1 Å². The van der Waals surface area contributed by atoms with E-state index in [9.17, 15) is 17.6 Å². The van der Waals surface area contributed by atoms with Crippen LogP contribution in [-0.4, -0.2) is 33.3 Å². The molecule has 0 saturated carbocycles. The van der Waals surface area contributed by atoms with Crippen molar-refractivity contribution in [3.63, 3.8) is 0 Å². The molecule has 1 amide bonds. The fraction of sp³-hybridized carbons (Fsp3) is 0.125. The summed E-state index contributed by atoms with van der Waals surface area (Å²) in [5.74, 6) is -0.455. The van der Waals surface area contributed by atoms with Crippen LogP contribution in [-0.2, 0) is 10.0 Å². The molecule has 1 aliphatic rings. The summed E-state index contributed by atoms with van der Waals surface area (Å²) in [7, 11) is -3.81. The van der Waals surface area contributed by atoms with Gasteiger partial charge in [-0.2, -0.15) is 13.7 Å². The van der Waals surface area contributed by atoms with Crippen LogP contribution >= 0.6 is 0 Å². The van der Waals surface area contributed by atoms with Gasteiger partial charge in [0.05, 0.1) is 11.6 Å². The first-order valence-corrected chi connectivity index (χ1v) is 11.6. The largest absolute Gasteiger partial charge is 0.352 e. The molecule has 0 saturated heterocycles. The maximum atomic E-state index is 13.1. The van der Waals surface area contributed by atoms with Gasteiger partial charge in [0.15, 0.2) is 5.84 Å². The molecular weight excluding hydrogens is 443 g/mol. The van der Waals surface area contributed by atoms with Crippen molar-refractivity contribution in [2.24, 2.45) is 4.40 Å². The summed E-state index contributed by atoms with van der Waals surface area (Å²) in [6, 6.07) is 20.7. The van der Waals surface area contributed by atoms with Gasteiger partial charge in [0, 0.05) is 29.9 Å². The van der Waals surface area contributed by atoms with Gasteiger partial charge in [0.25, 0.3) is 15.9 Å². The number of sulfonamides is 1.